The van der Waals surface area contributed by atoms with Crippen LogP contribution < -0.4 is 9.62 Å². The van der Waals surface area contributed by atoms with Gasteiger partial charge in [-0.1, -0.05) is 60.7 Å². The first-order chi connectivity index (χ1) is 17.4. The largest absolute Gasteiger partial charge is 0.352 e. The van der Waals surface area contributed by atoms with Gasteiger partial charge in [0, 0.05) is 12.6 Å². The molecule has 0 saturated heterocycles. The molecule has 1 saturated carbocycles. The van der Waals surface area contributed by atoms with Gasteiger partial charge >= 0.3 is 0 Å². The molecule has 7 nitrogen and oxygen atoms in total. The predicted octanol–water partition coefficient (Wildman–Crippen LogP) is 5.24. The fourth-order valence-electron chi connectivity index (χ4n) is 4.59. The highest BCUT2D eigenvalue weighted by molar-refractivity contribution is 7.92. The highest BCUT2D eigenvalue weighted by Gasteiger charge is 2.31. The molecule has 1 fully saturated rings. The topological polar surface area (TPSA) is 86.8 Å². The van der Waals surface area contributed by atoms with Crippen molar-refractivity contribution in [2.45, 2.75) is 71.5 Å². The molecule has 10 heteroatoms. The van der Waals surface area contributed by atoms with Gasteiger partial charge in [0.25, 0.3) is 0 Å². The van der Waals surface area contributed by atoms with Crippen LogP contribution in [-0.4, -0.2) is 50.0 Å². The summed E-state index contributed by atoms with van der Waals surface area (Å²) in [7, 11) is -3.79. The van der Waals surface area contributed by atoms with Crippen molar-refractivity contribution in [3.05, 3.63) is 63.1 Å². The zero-order chi connectivity index (χ0) is 27.3. The number of carbonyl (C=O) groups excluding carboxylic acids is 2. The van der Waals surface area contributed by atoms with Gasteiger partial charge in [-0.3, -0.25) is 13.9 Å². The predicted molar refractivity (Wildman–Crippen MR) is 150 cm³/mol. The first kappa shape index (κ1) is 29.3. The van der Waals surface area contributed by atoms with E-state index in [0.717, 1.165) is 53.8 Å². The van der Waals surface area contributed by atoms with Gasteiger partial charge in [0.05, 0.1) is 22.0 Å². The molecule has 0 heterocycles. The Morgan fingerprint density at radius 1 is 1.05 bits per heavy atom. The number of benzene rings is 2. The molecule has 37 heavy (non-hydrogen) atoms. The van der Waals surface area contributed by atoms with Crippen LogP contribution in [0.25, 0.3) is 0 Å². The Bertz CT molecular complexity index is 1250. The molecule has 0 bridgehead atoms. The van der Waals surface area contributed by atoms with E-state index in [-0.39, 0.29) is 18.5 Å². The van der Waals surface area contributed by atoms with Crippen LogP contribution in [-0.2, 0) is 26.2 Å². The summed E-state index contributed by atoms with van der Waals surface area (Å²) in [6.07, 6.45) is 6.17. The molecule has 1 atom stereocenters. The van der Waals surface area contributed by atoms with Crippen molar-refractivity contribution in [3.8, 4) is 0 Å². The van der Waals surface area contributed by atoms with Crippen molar-refractivity contribution in [1.29, 1.82) is 0 Å². The van der Waals surface area contributed by atoms with E-state index in [1.54, 1.807) is 37.3 Å². The first-order valence-electron chi connectivity index (χ1n) is 12.5. The smallest absolute Gasteiger partial charge is 0.244 e. The van der Waals surface area contributed by atoms with Crippen molar-refractivity contribution < 1.29 is 18.0 Å². The third-order valence-electron chi connectivity index (χ3n) is 6.98. The molecule has 1 aliphatic rings. The number of halogens is 2. The minimum atomic E-state index is -3.79. The molecule has 1 N–H and O–H groups in total. The molecule has 0 radical (unpaired) electrons. The van der Waals surface area contributed by atoms with Crippen LogP contribution in [0.3, 0.4) is 0 Å². The van der Waals surface area contributed by atoms with Gasteiger partial charge in [0.1, 0.15) is 12.6 Å². The maximum atomic E-state index is 13.7. The Hall–Kier alpha value is -2.29. The van der Waals surface area contributed by atoms with E-state index in [1.165, 1.54) is 4.90 Å². The van der Waals surface area contributed by atoms with Gasteiger partial charge in [-0.15, -0.1) is 0 Å². The summed E-state index contributed by atoms with van der Waals surface area (Å²) in [5.74, 6) is -0.762. The number of hydrogen-bond acceptors (Lipinski definition) is 4. The second kappa shape index (κ2) is 12.5. The maximum Gasteiger partial charge on any atom is 0.244 e. The lowest BCUT2D eigenvalue weighted by atomic mass is 9.95. The lowest BCUT2D eigenvalue weighted by Crippen LogP contribution is -2.53. The number of nitrogens with zero attached hydrogens (tertiary/aromatic N) is 2. The molecular weight excluding hydrogens is 533 g/mol. The number of hydrogen-bond donors (Lipinski definition) is 1. The lowest BCUT2D eigenvalue weighted by Gasteiger charge is -2.33. The number of sulfonamides is 1. The molecule has 0 unspecified atom stereocenters. The van der Waals surface area contributed by atoms with Gasteiger partial charge in [-0.2, -0.15) is 0 Å². The molecule has 2 amide bonds. The van der Waals surface area contributed by atoms with Crippen molar-refractivity contribution >= 4 is 50.7 Å². The number of amides is 2. The van der Waals surface area contributed by atoms with Gasteiger partial charge in [0.15, 0.2) is 0 Å². The summed E-state index contributed by atoms with van der Waals surface area (Å²) in [6.45, 7) is 5.00. The van der Waals surface area contributed by atoms with Crippen LogP contribution in [0.5, 0.6) is 0 Å². The number of rotatable bonds is 9. The van der Waals surface area contributed by atoms with Crippen LogP contribution in [0, 0.1) is 13.8 Å². The third kappa shape index (κ3) is 7.62. The molecule has 3 rings (SSSR count). The third-order valence-corrected chi connectivity index (χ3v) is 8.85. The molecule has 0 spiro atoms. The quantitative estimate of drug-likeness (QED) is 0.448. The van der Waals surface area contributed by atoms with Crippen LogP contribution in [0.2, 0.25) is 10.0 Å². The van der Waals surface area contributed by atoms with E-state index in [9.17, 15) is 18.0 Å². The molecule has 1 aliphatic carbocycles. The second-order valence-corrected chi connectivity index (χ2v) is 12.5. The van der Waals surface area contributed by atoms with Crippen molar-refractivity contribution in [2.75, 3.05) is 17.1 Å². The van der Waals surface area contributed by atoms with Crippen molar-refractivity contribution in [3.63, 3.8) is 0 Å². The standard InChI is InChI=1S/C27H35Cl2N3O4S/c1-18-9-8-12-25(19(18)2)32(37(4,35)36)17-26(33)31(16-21-13-14-23(28)24(29)15-21)20(3)27(34)30-22-10-6-5-7-11-22/h8-9,12-15,20,22H,5-7,10-11,16-17H2,1-4H3,(H,30,34)/t20-/m0/s1. The molecule has 202 valence electrons. The highest BCUT2D eigenvalue weighted by atomic mass is 35.5. The number of aryl methyl sites for hydroxylation is 1. The average molecular weight is 569 g/mol. The normalized spacial score (nSPS) is 15.2. The summed E-state index contributed by atoms with van der Waals surface area (Å²) in [5, 5.41) is 3.79. The summed E-state index contributed by atoms with van der Waals surface area (Å²) in [6, 6.07) is 9.58. The minimum absolute atomic E-state index is 0.0688. The Balaban J connectivity index is 1.92. The molecule has 0 aromatic heterocycles. The van der Waals surface area contributed by atoms with Crippen molar-refractivity contribution in [1.82, 2.24) is 10.2 Å². The first-order valence-corrected chi connectivity index (χ1v) is 15.1. The van der Waals surface area contributed by atoms with E-state index in [0.29, 0.717) is 21.3 Å². The summed E-state index contributed by atoms with van der Waals surface area (Å²) < 4.78 is 26.7. The number of nitrogens with one attached hydrogen (secondary N) is 1. The van der Waals surface area contributed by atoms with E-state index in [1.807, 2.05) is 19.9 Å². The van der Waals surface area contributed by atoms with E-state index >= 15 is 0 Å². The molecular formula is C27H35Cl2N3O4S. The monoisotopic (exact) mass is 567 g/mol. The van der Waals surface area contributed by atoms with Crippen molar-refractivity contribution in [2.24, 2.45) is 0 Å². The Morgan fingerprint density at radius 2 is 1.73 bits per heavy atom. The summed E-state index contributed by atoms with van der Waals surface area (Å²) in [4.78, 5) is 28.4. The fraction of sp³-hybridized carbons (Fsp3) is 0.481. The summed E-state index contributed by atoms with van der Waals surface area (Å²) >= 11 is 12.3. The maximum absolute atomic E-state index is 13.7. The van der Waals surface area contributed by atoms with Crippen LogP contribution in [0.1, 0.15) is 55.7 Å². The van der Waals surface area contributed by atoms with Crippen LogP contribution in [0.15, 0.2) is 36.4 Å². The van der Waals surface area contributed by atoms with E-state index in [4.69, 9.17) is 23.2 Å². The van der Waals surface area contributed by atoms with Gasteiger partial charge in [-0.25, -0.2) is 8.42 Å². The van der Waals surface area contributed by atoms with E-state index in [2.05, 4.69) is 5.32 Å². The van der Waals surface area contributed by atoms with Crippen LogP contribution in [0.4, 0.5) is 5.69 Å². The molecule has 0 aliphatic heterocycles. The number of anilines is 1. The van der Waals surface area contributed by atoms with Gasteiger partial charge < -0.3 is 10.2 Å². The average Bonchev–Trinajstić information content (AvgIpc) is 2.84. The van der Waals surface area contributed by atoms with E-state index < -0.39 is 28.5 Å². The SMILES string of the molecule is Cc1cccc(N(CC(=O)N(Cc2ccc(Cl)c(Cl)c2)[C@@H](C)C(=O)NC2CCCCC2)S(C)(=O)=O)c1C. The number of carbonyl (C=O) groups is 2. The minimum Gasteiger partial charge on any atom is -0.352 e. The Labute approximate surface area is 230 Å². The highest BCUT2D eigenvalue weighted by Crippen LogP contribution is 2.27. The molecule has 2 aromatic rings. The fourth-order valence-corrected chi connectivity index (χ4v) is 5.81. The summed E-state index contributed by atoms with van der Waals surface area (Å²) in [5.41, 5.74) is 2.79. The zero-order valence-corrected chi connectivity index (χ0v) is 24.1. The molecule has 2 aromatic carbocycles. The lowest BCUT2D eigenvalue weighted by molar-refractivity contribution is -0.139. The van der Waals surface area contributed by atoms with Crippen LogP contribution >= 0.6 is 23.2 Å². The Kier molecular flexibility index (Phi) is 9.89. The Morgan fingerprint density at radius 3 is 2.35 bits per heavy atom. The van der Waals surface area contributed by atoms with Gasteiger partial charge in [0.2, 0.25) is 21.8 Å². The second-order valence-electron chi connectivity index (χ2n) is 9.78. The zero-order valence-electron chi connectivity index (χ0n) is 21.8. The van der Waals surface area contributed by atoms with Gasteiger partial charge in [-0.05, 0) is 68.5 Å².